The van der Waals surface area contributed by atoms with Crippen LogP contribution in [0.25, 0.3) is 0 Å². The first kappa shape index (κ1) is 9.78. The van der Waals surface area contributed by atoms with Gasteiger partial charge in [0.05, 0.1) is 0 Å². The van der Waals surface area contributed by atoms with Crippen molar-refractivity contribution >= 4 is 17.7 Å². The number of carbonyl (C=O) groups is 1. The van der Waals surface area contributed by atoms with Crippen molar-refractivity contribution in [2.75, 3.05) is 32.3 Å². The first-order chi connectivity index (χ1) is 4.81. The summed E-state index contributed by atoms with van der Waals surface area (Å²) in [6.07, 6.45) is 1.96. The van der Waals surface area contributed by atoms with Crippen LogP contribution >= 0.6 is 11.8 Å². The largest absolute Gasteiger partial charge is 0.463 e. The zero-order valence-electron chi connectivity index (χ0n) is 6.25. The highest BCUT2D eigenvalue weighted by molar-refractivity contribution is 7.98. The minimum Gasteiger partial charge on any atom is -0.463 e. The lowest BCUT2D eigenvalue weighted by molar-refractivity contribution is -0.147. The Kier molecular flexibility index (Phi) is 6.74. The molecule has 10 heavy (non-hydrogen) atoms. The number of hydrogen-bond acceptors (Lipinski definition) is 4. The average Bonchev–Trinajstić information content (AvgIpc) is 1.89. The standard InChI is InChI=1S/C6H12O3S/c1-8-5-6(7)9-3-4-10-2/h3-5H2,1-2H3. The smallest absolute Gasteiger partial charge is 0.332 e. The number of ether oxygens (including phenoxy) is 2. The van der Waals surface area contributed by atoms with Gasteiger partial charge in [-0.2, -0.15) is 11.8 Å². The summed E-state index contributed by atoms with van der Waals surface area (Å²) in [5.41, 5.74) is 0. The van der Waals surface area contributed by atoms with Crippen LogP contribution in [0.3, 0.4) is 0 Å². The summed E-state index contributed by atoms with van der Waals surface area (Å²) in [6, 6.07) is 0. The summed E-state index contributed by atoms with van der Waals surface area (Å²) >= 11 is 1.64. The molecule has 0 amide bonds. The highest BCUT2D eigenvalue weighted by Gasteiger charge is 1.98. The second kappa shape index (κ2) is 6.89. The molecule has 0 fully saturated rings. The van der Waals surface area contributed by atoms with Gasteiger partial charge in [-0.3, -0.25) is 0 Å². The molecule has 0 aromatic heterocycles. The quantitative estimate of drug-likeness (QED) is 0.439. The van der Waals surface area contributed by atoms with E-state index in [1.54, 1.807) is 11.8 Å². The molecule has 0 saturated heterocycles. The molecule has 0 aliphatic carbocycles. The molecule has 0 aliphatic rings. The highest BCUT2D eigenvalue weighted by Crippen LogP contribution is 1.90. The van der Waals surface area contributed by atoms with Gasteiger partial charge in [-0.05, 0) is 6.26 Å². The molecule has 3 nitrogen and oxygen atoms in total. The molecule has 0 saturated carbocycles. The van der Waals surface area contributed by atoms with E-state index in [0.717, 1.165) is 5.75 Å². The normalized spacial score (nSPS) is 9.40. The van der Waals surface area contributed by atoms with E-state index in [2.05, 4.69) is 4.74 Å². The maximum Gasteiger partial charge on any atom is 0.332 e. The molecule has 0 aromatic rings. The average molecular weight is 164 g/mol. The van der Waals surface area contributed by atoms with E-state index < -0.39 is 0 Å². The molecular weight excluding hydrogens is 152 g/mol. The van der Waals surface area contributed by atoms with Crippen molar-refractivity contribution in [3.8, 4) is 0 Å². The number of methoxy groups -OCH3 is 1. The van der Waals surface area contributed by atoms with Gasteiger partial charge in [0.15, 0.2) is 0 Å². The Morgan fingerprint density at radius 2 is 2.30 bits per heavy atom. The molecule has 0 spiro atoms. The third kappa shape index (κ3) is 5.91. The van der Waals surface area contributed by atoms with Crippen molar-refractivity contribution < 1.29 is 14.3 Å². The van der Waals surface area contributed by atoms with Crippen molar-refractivity contribution in [2.45, 2.75) is 0 Å². The van der Waals surface area contributed by atoms with Crippen molar-refractivity contribution in [1.82, 2.24) is 0 Å². The van der Waals surface area contributed by atoms with Crippen molar-refractivity contribution in [3.05, 3.63) is 0 Å². The van der Waals surface area contributed by atoms with Gasteiger partial charge in [0.2, 0.25) is 0 Å². The van der Waals surface area contributed by atoms with Gasteiger partial charge >= 0.3 is 5.97 Å². The summed E-state index contributed by atoms with van der Waals surface area (Å²) < 4.78 is 9.29. The maximum atomic E-state index is 10.6. The molecular formula is C6H12O3S. The fourth-order valence-electron chi connectivity index (χ4n) is 0.398. The Balaban J connectivity index is 3.05. The topological polar surface area (TPSA) is 35.5 Å². The van der Waals surface area contributed by atoms with Crippen LogP contribution in [0.5, 0.6) is 0 Å². The summed E-state index contributed by atoms with van der Waals surface area (Å²) in [5.74, 6) is 0.548. The van der Waals surface area contributed by atoms with Crippen LogP contribution in [0.1, 0.15) is 0 Å². The van der Waals surface area contributed by atoms with Crippen LogP contribution in [0.2, 0.25) is 0 Å². The second-order valence-electron chi connectivity index (χ2n) is 1.65. The summed E-state index contributed by atoms with van der Waals surface area (Å²) in [6.45, 7) is 0.526. The maximum absolute atomic E-state index is 10.6. The van der Waals surface area contributed by atoms with E-state index >= 15 is 0 Å². The van der Waals surface area contributed by atoms with E-state index in [1.165, 1.54) is 7.11 Å². The van der Waals surface area contributed by atoms with Crippen molar-refractivity contribution in [2.24, 2.45) is 0 Å². The predicted octanol–water partition coefficient (Wildman–Crippen LogP) is 0.539. The van der Waals surface area contributed by atoms with Crippen LogP contribution < -0.4 is 0 Å². The van der Waals surface area contributed by atoms with Gasteiger partial charge < -0.3 is 9.47 Å². The molecule has 0 aliphatic heterocycles. The first-order valence-electron chi connectivity index (χ1n) is 2.94. The Morgan fingerprint density at radius 3 is 2.80 bits per heavy atom. The van der Waals surface area contributed by atoms with Gasteiger partial charge in [0.1, 0.15) is 13.2 Å². The Labute approximate surface area is 65.1 Å². The van der Waals surface area contributed by atoms with E-state index in [0.29, 0.717) is 6.61 Å². The highest BCUT2D eigenvalue weighted by atomic mass is 32.2. The number of hydrogen-bond donors (Lipinski definition) is 0. The van der Waals surface area contributed by atoms with Crippen molar-refractivity contribution in [3.63, 3.8) is 0 Å². The van der Waals surface area contributed by atoms with Gasteiger partial charge in [0, 0.05) is 12.9 Å². The minimum absolute atomic E-state index is 0.0500. The molecule has 0 rings (SSSR count). The molecule has 0 bridgehead atoms. The molecule has 60 valence electrons. The lowest BCUT2D eigenvalue weighted by Gasteiger charge is -2.00. The van der Waals surface area contributed by atoms with E-state index in [-0.39, 0.29) is 12.6 Å². The molecule has 0 radical (unpaired) electrons. The number of esters is 1. The number of rotatable bonds is 5. The zero-order chi connectivity index (χ0) is 7.82. The second-order valence-corrected chi connectivity index (χ2v) is 2.63. The first-order valence-corrected chi connectivity index (χ1v) is 4.34. The molecule has 0 N–H and O–H groups in total. The Bertz CT molecular complexity index is 95.0. The molecule has 0 atom stereocenters. The van der Waals surface area contributed by atoms with Gasteiger partial charge in [0.25, 0.3) is 0 Å². The van der Waals surface area contributed by atoms with Crippen LogP contribution in [-0.4, -0.2) is 38.3 Å². The third-order valence-electron chi connectivity index (χ3n) is 0.813. The zero-order valence-corrected chi connectivity index (χ0v) is 7.07. The summed E-state index contributed by atoms with van der Waals surface area (Å²) in [5, 5.41) is 0. The van der Waals surface area contributed by atoms with Crippen LogP contribution in [0, 0.1) is 0 Å². The van der Waals surface area contributed by atoms with Crippen LogP contribution in [0.15, 0.2) is 0 Å². The third-order valence-corrected chi connectivity index (χ3v) is 1.39. The van der Waals surface area contributed by atoms with E-state index in [1.807, 2.05) is 6.26 Å². The Morgan fingerprint density at radius 1 is 1.60 bits per heavy atom. The van der Waals surface area contributed by atoms with Crippen LogP contribution in [0.4, 0.5) is 0 Å². The SMILES string of the molecule is COCC(=O)OCCSC. The van der Waals surface area contributed by atoms with Crippen molar-refractivity contribution in [1.29, 1.82) is 0 Å². The predicted molar refractivity (Wildman–Crippen MR) is 41.2 cm³/mol. The van der Waals surface area contributed by atoms with Gasteiger partial charge in [-0.1, -0.05) is 0 Å². The van der Waals surface area contributed by atoms with E-state index in [9.17, 15) is 4.79 Å². The molecule has 0 aromatic carbocycles. The lowest BCUT2D eigenvalue weighted by atomic mass is 10.7. The van der Waals surface area contributed by atoms with Crippen LogP contribution in [-0.2, 0) is 14.3 Å². The fraction of sp³-hybridized carbons (Fsp3) is 0.833. The van der Waals surface area contributed by atoms with E-state index in [4.69, 9.17) is 4.74 Å². The lowest BCUT2D eigenvalue weighted by Crippen LogP contribution is -2.12. The summed E-state index contributed by atoms with van der Waals surface area (Å²) in [4.78, 5) is 10.6. The molecule has 0 heterocycles. The van der Waals surface area contributed by atoms with Gasteiger partial charge in [-0.25, -0.2) is 4.79 Å². The monoisotopic (exact) mass is 164 g/mol. The Hall–Kier alpha value is -0.220. The summed E-state index contributed by atoms with van der Waals surface area (Å²) in [7, 11) is 1.47. The molecule has 0 unspecified atom stereocenters. The fourth-order valence-corrected chi connectivity index (χ4v) is 0.648. The number of carbonyl (C=O) groups excluding carboxylic acids is 1. The molecule has 4 heteroatoms. The van der Waals surface area contributed by atoms with Gasteiger partial charge in [-0.15, -0.1) is 0 Å². The number of thioether (sulfide) groups is 1. The minimum atomic E-state index is -0.295.